The molecule has 0 radical (unpaired) electrons. The van der Waals surface area contributed by atoms with Crippen LogP contribution < -0.4 is 15.4 Å². The van der Waals surface area contributed by atoms with Crippen LogP contribution in [-0.2, 0) is 17.8 Å². The van der Waals surface area contributed by atoms with Gasteiger partial charge in [0.1, 0.15) is 17.6 Å². The van der Waals surface area contributed by atoms with Crippen LogP contribution in [0.5, 0.6) is 11.5 Å². The largest absolute Gasteiger partial charge is 0.457 e. The highest BCUT2D eigenvalue weighted by molar-refractivity contribution is 5.79. The van der Waals surface area contributed by atoms with Crippen molar-refractivity contribution in [2.45, 2.75) is 40.0 Å². The minimum atomic E-state index is -0.204. The molecule has 0 saturated heterocycles. The number of hydrogen-bond acceptors (Lipinski definition) is 6. The van der Waals surface area contributed by atoms with E-state index in [-0.39, 0.29) is 6.10 Å². The summed E-state index contributed by atoms with van der Waals surface area (Å²) in [5.41, 5.74) is 2.15. The third kappa shape index (κ3) is 6.55. The summed E-state index contributed by atoms with van der Waals surface area (Å²) in [5, 5.41) is 10.4. The Hall–Kier alpha value is -3.39. The van der Waals surface area contributed by atoms with Crippen LogP contribution in [0, 0.1) is 6.92 Å². The lowest BCUT2D eigenvalue weighted by Gasteiger charge is -2.15. The zero-order chi connectivity index (χ0) is 22.1. The molecule has 3 aromatic rings. The fourth-order valence-electron chi connectivity index (χ4n) is 2.91. The van der Waals surface area contributed by atoms with E-state index < -0.39 is 0 Å². The monoisotopic (exact) mass is 423 g/mol. The summed E-state index contributed by atoms with van der Waals surface area (Å²) >= 11 is 0. The van der Waals surface area contributed by atoms with Gasteiger partial charge in [-0.05, 0) is 44.5 Å². The molecule has 2 aromatic carbocycles. The Morgan fingerprint density at radius 3 is 2.65 bits per heavy atom. The molecular weight excluding hydrogens is 394 g/mol. The van der Waals surface area contributed by atoms with E-state index in [0.29, 0.717) is 37.4 Å². The van der Waals surface area contributed by atoms with Crippen LogP contribution in [0.4, 0.5) is 0 Å². The number of guanidine groups is 1. The van der Waals surface area contributed by atoms with Gasteiger partial charge in [-0.2, -0.15) is 4.98 Å². The van der Waals surface area contributed by atoms with Gasteiger partial charge < -0.3 is 24.6 Å². The molecule has 1 aromatic heterocycles. The third-order valence-electron chi connectivity index (χ3n) is 4.53. The van der Waals surface area contributed by atoms with Gasteiger partial charge in [0, 0.05) is 25.8 Å². The minimum absolute atomic E-state index is 0.204. The van der Waals surface area contributed by atoms with Crippen molar-refractivity contribution in [1.29, 1.82) is 0 Å². The molecule has 0 aliphatic rings. The molecule has 2 N–H and O–H groups in total. The zero-order valence-electron chi connectivity index (χ0n) is 18.4. The molecule has 0 fully saturated rings. The van der Waals surface area contributed by atoms with Crippen molar-refractivity contribution >= 4 is 5.96 Å². The van der Waals surface area contributed by atoms with Gasteiger partial charge in [0.25, 0.3) is 0 Å². The summed E-state index contributed by atoms with van der Waals surface area (Å²) < 4.78 is 16.9. The van der Waals surface area contributed by atoms with E-state index in [2.05, 4.69) is 31.8 Å². The predicted octanol–water partition coefficient (Wildman–Crippen LogP) is 4.13. The topological polar surface area (TPSA) is 93.8 Å². The molecule has 0 aliphatic heterocycles. The number of benzene rings is 2. The predicted molar refractivity (Wildman–Crippen MR) is 119 cm³/mol. The number of para-hydroxylation sites is 1. The molecule has 0 amide bonds. The molecule has 0 bridgehead atoms. The second-order valence-corrected chi connectivity index (χ2v) is 6.95. The second-order valence-electron chi connectivity index (χ2n) is 6.95. The summed E-state index contributed by atoms with van der Waals surface area (Å²) in [6, 6.07) is 15.9. The Morgan fingerprint density at radius 2 is 1.90 bits per heavy atom. The maximum absolute atomic E-state index is 6.09. The molecule has 31 heavy (non-hydrogen) atoms. The van der Waals surface area contributed by atoms with Crippen LogP contribution in [0.1, 0.15) is 42.8 Å². The lowest BCUT2D eigenvalue weighted by Crippen LogP contribution is -2.36. The van der Waals surface area contributed by atoms with Crippen molar-refractivity contribution in [3.63, 3.8) is 0 Å². The van der Waals surface area contributed by atoms with Crippen LogP contribution in [0.15, 0.2) is 58.0 Å². The van der Waals surface area contributed by atoms with E-state index in [0.717, 1.165) is 22.6 Å². The standard InChI is InChI=1S/C23H29N5O3/c1-5-29-17(3)22-27-21(31-28-22)15-26-23(24-4)25-14-18-12-11-16(2)13-20(18)30-19-9-7-6-8-10-19/h6-13,17H,5,14-15H2,1-4H3,(H2,24,25,26). The van der Waals surface area contributed by atoms with Crippen LogP contribution in [-0.4, -0.2) is 29.8 Å². The number of nitrogens with zero attached hydrogens (tertiary/aromatic N) is 3. The van der Waals surface area contributed by atoms with Gasteiger partial charge in [-0.3, -0.25) is 4.99 Å². The molecule has 164 valence electrons. The van der Waals surface area contributed by atoms with Crippen molar-refractivity contribution < 1.29 is 14.0 Å². The van der Waals surface area contributed by atoms with Crippen molar-refractivity contribution in [3.05, 3.63) is 71.4 Å². The molecule has 3 rings (SSSR count). The maximum atomic E-state index is 6.09. The van der Waals surface area contributed by atoms with Crippen LogP contribution in [0.3, 0.4) is 0 Å². The minimum Gasteiger partial charge on any atom is -0.457 e. The van der Waals surface area contributed by atoms with Crippen molar-refractivity contribution in [3.8, 4) is 11.5 Å². The smallest absolute Gasteiger partial charge is 0.246 e. The lowest BCUT2D eigenvalue weighted by atomic mass is 10.1. The van der Waals surface area contributed by atoms with Gasteiger partial charge in [-0.25, -0.2) is 0 Å². The molecule has 1 heterocycles. The third-order valence-corrected chi connectivity index (χ3v) is 4.53. The average molecular weight is 424 g/mol. The average Bonchev–Trinajstić information content (AvgIpc) is 3.25. The maximum Gasteiger partial charge on any atom is 0.246 e. The first-order valence-electron chi connectivity index (χ1n) is 10.3. The Bertz CT molecular complexity index is 988. The lowest BCUT2D eigenvalue weighted by molar-refractivity contribution is 0.0683. The van der Waals surface area contributed by atoms with E-state index >= 15 is 0 Å². The normalized spacial score (nSPS) is 12.5. The molecule has 0 saturated carbocycles. The van der Waals surface area contributed by atoms with E-state index in [1.807, 2.05) is 63.2 Å². The summed E-state index contributed by atoms with van der Waals surface area (Å²) in [4.78, 5) is 8.62. The number of aryl methyl sites for hydroxylation is 1. The van der Waals surface area contributed by atoms with Crippen LogP contribution >= 0.6 is 0 Å². The van der Waals surface area contributed by atoms with Gasteiger partial charge in [0.2, 0.25) is 5.89 Å². The SMILES string of the molecule is CCOC(C)c1noc(CNC(=NC)NCc2ccc(C)cc2Oc2ccccc2)n1. The fraction of sp³-hybridized carbons (Fsp3) is 0.348. The molecule has 8 heteroatoms. The zero-order valence-corrected chi connectivity index (χ0v) is 18.4. The second kappa shape index (κ2) is 11.1. The van der Waals surface area contributed by atoms with Gasteiger partial charge in [0.05, 0.1) is 6.54 Å². The Balaban J connectivity index is 1.58. The van der Waals surface area contributed by atoms with Gasteiger partial charge in [0.15, 0.2) is 11.8 Å². The number of hydrogen-bond donors (Lipinski definition) is 2. The van der Waals surface area contributed by atoms with E-state index in [1.165, 1.54) is 0 Å². The summed E-state index contributed by atoms with van der Waals surface area (Å²) in [6.45, 7) is 7.35. The number of aliphatic imine (C=N–C) groups is 1. The van der Waals surface area contributed by atoms with Gasteiger partial charge >= 0.3 is 0 Å². The van der Waals surface area contributed by atoms with Crippen molar-refractivity contribution in [2.24, 2.45) is 4.99 Å². The summed E-state index contributed by atoms with van der Waals surface area (Å²) in [6.07, 6.45) is -0.204. The number of rotatable bonds is 9. The van der Waals surface area contributed by atoms with Crippen molar-refractivity contribution in [1.82, 2.24) is 20.8 Å². The Kier molecular flexibility index (Phi) is 8.00. The molecular formula is C23H29N5O3. The molecule has 8 nitrogen and oxygen atoms in total. The number of aromatic nitrogens is 2. The Morgan fingerprint density at radius 1 is 1.13 bits per heavy atom. The number of ether oxygens (including phenoxy) is 2. The summed E-state index contributed by atoms with van der Waals surface area (Å²) in [5.74, 6) is 3.21. The fourth-order valence-corrected chi connectivity index (χ4v) is 2.91. The van der Waals surface area contributed by atoms with Crippen molar-refractivity contribution in [2.75, 3.05) is 13.7 Å². The van der Waals surface area contributed by atoms with Crippen LogP contribution in [0.2, 0.25) is 0 Å². The number of nitrogens with one attached hydrogen (secondary N) is 2. The highest BCUT2D eigenvalue weighted by Crippen LogP contribution is 2.26. The molecule has 0 spiro atoms. The Labute approximate surface area is 182 Å². The molecule has 0 aliphatic carbocycles. The summed E-state index contributed by atoms with van der Waals surface area (Å²) in [7, 11) is 1.71. The van der Waals surface area contributed by atoms with E-state index in [1.54, 1.807) is 7.05 Å². The highest BCUT2D eigenvalue weighted by atomic mass is 16.5. The van der Waals surface area contributed by atoms with E-state index in [9.17, 15) is 0 Å². The first-order chi connectivity index (χ1) is 15.1. The molecule has 1 atom stereocenters. The highest BCUT2D eigenvalue weighted by Gasteiger charge is 2.14. The first kappa shape index (κ1) is 22.3. The van der Waals surface area contributed by atoms with E-state index in [4.69, 9.17) is 14.0 Å². The molecule has 1 unspecified atom stereocenters. The van der Waals surface area contributed by atoms with Crippen LogP contribution in [0.25, 0.3) is 0 Å². The first-order valence-corrected chi connectivity index (χ1v) is 10.3. The van der Waals surface area contributed by atoms with Gasteiger partial charge in [-0.15, -0.1) is 0 Å². The quantitative estimate of drug-likeness (QED) is 0.395. The van der Waals surface area contributed by atoms with Gasteiger partial charge in [-0.1, -0.05) is 35.5 Å².